The number of fused-ring (bicyclic) bond motifs is 5. The quantitative estimate of drug-likeness (QED) is 0.156. The molecule has 6 rings (SSSR count). The maximum absolute atomic E-state index is 14.6. The van der Waals surface area contributed by atoms with Gasteiger partial charge in [-0.15, -0.1) is 11.3 Å². The van der Waals surface area contributed by atoms with Crippen LogP contribution in [0.25, 0.3) is 47.9 Å². The first-order chi connectivity index (χ1) is 20.3. The van der Waals surface area contributed by atoms with Crippen molar-refractivity contribution >= 4 is 48.2 Å². The number of pyridine rings is 1. The lowest BCUT2D eigenvalue weighted by Gasteiger charge is -2.27. The summed E-state index contributed by atoms with van der Waals surface area (Å²) in [6.45, 7) is 0. The second-order valence-corrected chi connectivity index (χ2v) is 10.7. The van der Waals surface area contributed by atoms with E-state index in [4.69, 9.17) is 0 Å². The number of carbonyl (C=O) groups excluding carboxylic acids is 1. The van der Waals surface area contributed by atoms with Crippen molar-refractivity contribution in [1.82, 2.24) is 4.57 Å². The van der Waals surface area contributed by atoms with Crippen LogP contribution < -0.4 is 5.56 Å². The van der Waals surface area contributed by atoms with Gasteiger partial charge in [-0.3, -0.25) is 14.2 Å². The highest BCUT2D eigenvalue weighted by Gasteiger charge is 2.76. The zero-order chi connectivity index (χ0) is 30.9. The van der Waals surface area contributed by atoms with Gasteiger partial charge in [0.05, 0.1) is 10.2 Å². The Morgan fingerprint density at radius 2 is 1.28 bits per heavy atom. The molecule has 2 heterocycles. The second-order valence-electron chi connectivity index (χ2n) is 9.69. The lowest BCUT2D eigenvalue weighted by atomic mass is 9.97. The summed E-state index contributed by atoms with van der Waals surface area (Å²) in [6.07, 6.45) is -6.83. The lowest BCUT2D eigenvalue weighted by Crippen LogP contribution is -2.57. The topological polar surface area (TPSA) is 59.3 Å². The molecule has 4 nitrogen and oxygen atoms in total. The van der Waals surface area contributed by atoms with Crippen LogP contribution in [-0.2, 0) is 0 Å². The average Bonchev–Trinajstić information content (AvgIpc) is 3.36. The third kappa shape index (κ3) is 4.19. The fraction of sp³-hybridized carbons (Fsp3) is 0.0968. The molecule has 2 aromatic heterocycles. The summed E-state index contributed by atoms with van der Waals surface area (Å²) in [7, 11) is 0. The van der Waals surface area contributed by atoms with Crippen LogP contribution in [0.15, 0.2) is 95.8 Å². The van der Waals surface area contributed by atoms with Crippen LogP contribution in [-0.4, -0.2) is 33.5 Å². The summed E-state index contributed by atoms with van der Waals surface area (Å²) in [5.74, 6) is -17.8. The molecule has 0 bridgehead atoms. The van der Waals surface area contributed by atoms with Gasteiger partial charge in [-0.25, -0.2) is 0 Å². The minimum atomic E-state index is -6.83. The van der Waals surface area contributed by atoms with Gasteiger partial charge in [0.2, 0.25) is 5.78 Å². The molecular weight excluding hydrogens is 599 g/mol. The van der Waals surface area contributed by atoms with Gasteiger partial charge in [-0.2, -0.15) is 30.7 Å². The summed E-state index contributed by atoms with van der Waals surface area (Å²) in [5, 5.41) is 11.9. The number of halogens is 7. The van der Waals surface area contributed by atoms with Gasteiger partial charge in [0, 0.05) is 26.5 Å². The molecule has 6 aromatic rings. The minimum absolute atomic E-state index is 0.0143. The van der Waals surface area contributed by atoms with Gasteiger partial charge in [0.25, 0.3) is 5.56 Å². The highest BCUT2D eigenvalue weighted by molar-refractivity contribution is 7.26. The van der Waals surface area contributed by atoms with Gasteiger partial charge < -0.3 is 5.11 Å². The van der Waals surface area contributed by atoms with E-state index in [9.17, 15) is 45.4 Å². The Bertz CT molecular complexity index is 2120. The minimum Gasteiger partial charge on any atom is -0.506 e. The highest BCUT2D eigenvalue weighted by Crippen LogP contribution is 2.49. The first kappa shape index (κ1) is 28.4. The van der Waals surface area contributed by atoms with Crippen molar-refractivity contribution in [2.75, 3.05) is 0 Å². The van der Waals surface area contributed by atoms with Crippen LogP contribution in [0.5, 0.6) is 5.75 Å². The van der Waals surface area contributed by atoms with Crippen molar-refractivity contribution in [1.29, 1.82) is 0 Å². The van der Waals surface area contributed by atoms with Crippen molar-refractivity contribution in [3.8, 4) is 22.6 Å². The average molecular weight is 616 g/mol. The molecule has 0 fully saturated rings. The molecule has 0 aliphatic carbocycles. The van der Waals surface area contributed by atoms with Crippen molar-refractivity contribution in [2.24, 2.45) is 0 Å². The maximum Gasteiger partial charge on any atom is 0.460 e. The first-order valence-electron chi connectivity index (χ1n) is 12.5. The third-order valence-corrected chi connectivity index (χ3v) is 8.34. The number of hydrogen-bond donors (Lipinski definition) is 1. The normalized spacial score (nSPS) is 12.8. The number of alkyl halides is 7. The fourth-order valence-electron chi connectivity index (χ4n) is 5.00. The standard InChI is InChI=1S/C31H16F7NO3S/c32-29(33,30(34,35)31(36,37)38)27(41)23-25(40)21-15-14-20-19-8-4-5-9-22(19)43-26(20)24(21)39(28(23)42)18-12-10-17(11-13-18)16-6-2-1-3-7-16/h1-15,40H. The lowest BCUT2D eigenvalue weighted by molar-refractivity contribution is -0.339. The Morgan fingerprint density at radius 3 is 1.93 bits per heavy atom. The van der Waals surface area contributed by atoms with E-state index >= 15 is 0 Å². The molecule has 0 aliphatic rings. The van der Waals surface area contributed by atoms with Crippen LogP contribution >= 0.6 is 11.3 Å². The molecule has 0 spiro atoms. The number of Topliss-reactive ketones (excluding diaryl/α,β-unsaturated/α-hetero) is 1. The molecular formula is C31H16F7NO3S. The van der Waals surface area contributed by atoms with E-state index in [-0.39, 0.29) is 16.6 Å². The van der Waals surface area contributed by atoms with E-state index in [1.165, 1.54) is 35.6 Å². The molecule has 0 radical (unpaired) electrons. The van der Waals surface area contributed by atoms with E-state index in [0.717, 1.165) is 20.2 Å². The van der Waals surface area contributed by atoms with Gasteiger partial charge in [-0.1, -0.05) is 66.7 Å². The molecule has 0 atom stereocenters. The largest absolute Gasteiger partial charge is 0.506 e. The SMILES string of the molecule is O=C(c1c(O)c2ccc3c4ccccc4sc3c2n(-c2ccc(-c3ccccc3)cc2)c1=O)C(F)(F)C(F)(F)C(F)(F)F. The summed E-state index contributed by atoms with van der Waals surface area (Å²) in [5.41, 5.74) is -2.18. The Morgan fingerprint density at radius 1 is 0.698 bits per heavy atom. The molecule has 0 saturated carbocycles. The van der Waals surface area contributed by atoms with E-state index < -0.39 is 40.7 Å². The monoisotopic (exact) mass is 615 g/mol. The van der Waals surface area contributed by atoms with Gasteiger partial charge in [-0.05, 0) is 35.4 Å². The molecule has 0 amide bonds. The van der Waals surface area contributed by atoms with Crippen LogP contribution in [0.2, 0.25) is 0 Å². The molecule has 1 N–H and O–H groups in total. The number of aromatic hydroxyl groups is 1. The molecule has 43 heavy (non-hydrogen) atoms. The smallest absolute Gasteiger partial charge is 0.460 e. The summed E-state index contributed by atoms with van der Waals surface area (Å²) >= 11 is 1.17. The molecule has 4 aromatic carbocycles. The number of benzene rings is 4. The second kappa shape index (κ2) is 9.66. The third-order valence-electron chi connectivity index (χ3n) is 7.15. The molecule has 0 aliphatic heterocycles. The number of carbonyl (C=O) groups is 1. The molecule has 0 unspecified atom stereocenters. The highest BCUT2D eigenvalue weighted by atomic mass is 32.1. The number of rotatable bonds is 5. The Hall–Kier alpha value is -4.71. The molecule has 218 valence electrons. The number of thiophene rings is 1. The zero-order valence-electron chi connectivity index (χ0n) is 21.4. The van der Waals surface area contributed by atoms with Crippen LogP contribution in [0.3, 0.4) is 0 Å². The van der Waals surface area contributed by atoms with E-state index in [1.54, 1.807) is 66.7 Å². The van der Waals surface area contributed by atoms with Gasteiger partial charge in [0.15, 0.2) is 0 Å². The van der Waals surface area contributed by atoms with Gasteiger partial charge >= 0.3 is 18.0 Å². The van der Waals surface area contributed by atoms with E-state index in [2.05, 4.69) is 0 Å². The maximum atomic E-state index is 14.6. The Kier molecular flexibility index (Phi) is 6.38. The fourth-order valence-corrected chi connectivity index (χ4v) is 6.24. The predicted molar refractivity (Wildman–Crippen MR) is 150 cm³/mol. The predicted octanol–water partition coefficient (Wildman–Crippen LogP) is 8.75. The number of ketones is 1. The Labute approximate surface area is 240 Å². The summed E-state index contributed by atoms with van der Waals surface area (Å²) < 4.78 is 97.7. The van der Waals surface area contributed by atoms with Crippen LogP contribution in [0.1, 0.15) is 10.4 Å². The van der Waals surface area contributed by atoms with Crippen molar-refractivity contribution in [2.45, 2.75) is 18.0 Å². The van der Waals surface area contributed by atoms with E-state index in [0.29, 0.717) is 15.6 Å². The van der Waals surface area contributed by atoms with Crippen LogP contribution in [0.4, 0.5) is 30.7 Å². The summed E-state index contributed by atoms with van der Waals surface area (Å²) in [4.78, 5) is 26.6. The van der Waals surface area contributed by atoms with Crippen molar-refractivity contribution in [3.05, 3.63) is 107 Å². The molecule has 0 saturated heterocycles. The number of hydrogen-bond acceptors (Lipinski definition) is 4. The molecule has 12 heteroatoms. The summed E-state index contributed by atoms with van der Waals surface area (Å²) in [6, 6.07) is 24.7. The Balaban J connectivity index is 1.69. The number of nitrogens with zero attached hydrogens (tertiary/aromatic N) is 1. The van der Waals surface area contributed by atoms with Crippen molar-refractivity contribution in [3.63, 3.8) is 0 Å². The van der Waals surface area contributed by atoms with E-state index in [1.807, 2.05) is 0 Å². The zero-order valence-corrected chi connectivity index (χ0v) is 22.2. The first-order valence-corrected chi connectivity index (χ1v) is 13.3. The van der Waals surface area contributed by atoms with Crippen molar-refractivity contribution < 1.29 is 40.6 Å². The van der Waals surface area contributed by atoms with Crippen LogP contribution in [0, 0.1) is 0 Å². The van der Waals surface area contributed by atoms with Gasteiger partial charge in [0.1, 0.15) is 11.3 Å². The number of aromatic nitrogens is 1.